The lowest BCUT2D eigenvalue weighted by molar-refractivity contribution is -0.289. The maximum absolute atomic E-state index is 6.29. The van der Waals surface area contributed by atoms with Crippen molar-refractivity contribution in [1.82, 2.24) is 0 Å². The average molecular weight is 331 g/mol. The maximum Gasteiger partial charge on any atom is 0.192 e. The summed E-state index contributed by atoms with van der Waals surface area (Å²) in [6.07, 6.45) is 4.70. The van der Waals surface area contributed by atoms with Gasteiger partial charge in [-0.25, -0.2) is 0 Å². The summed E-state index contributed by atoms with van der Waals surface area (Å²) in [6, 6.07) is 4.86. The number of hydrogen-bond acceptors (Lipinski definition) is 2. The van der Waals surface area contributed by atoms with Gasteiger partial charge in [0, 0.05) is 5.56 Å². The summed E-state index contributed by atoms with van der Waals surface area (Å²) in [6.45, 7) is 16.8. The van der Waals surface area contributed by atoms with Crippen LogP contribution < -0.4 is 0 Å². The molecule has 0 aromatic heterocycles. The number of fused-ring (bicyclic) bond motifs is 1. The third-order valence-electron chi connectivity index (χ3n) is 6.27. The summed E-state index contributed by atoms with van der Waals surface area (Å²) in [5.41, 5.74) is 6.07. The smallest absolute Gasteiger partial charge is 0.192 e. The van der Waals surface area contributed by atoms with Crippen LogP contribution in [0.1, 0.15) is 90.0 Å². The van der Waals surface area contributed by atoms with E-state index in [1.54, 1.807) is 0 Å². The first-order chi connectivity index (χ1) is 11.1. The molecule has 1 aromatic carbocycles. The van der Waals surface area contributed by atoms with Crippen LogP contribution in [0.5, 0.6) is 0 Å². The molecule has 0 saturated carbocycles. The molecule has 134 valence electrons. The molecule has 0 unspecified atom stereocenters. The minimum atomic E-state index is -0.615. The van der Waals surface area contributed by atoms with Crippen molar-refractivity contribution in [3.05, 3.63) is 34.4 Å². The summed E-state index contributed by atoms with van der Waals surface area (Å²) in [5.74, 6) is -0.615. The zero-order chi connectivity index (χ0) is 17.8. The zero-order valence-electron chi connectivity index (χ0n) is 16.6. The van der Waals surface area contributed by atoms with Gasteiger partial charge in [0.25, 0.3) is 0 Å². The van der Waals surface area contributed by atoms with Crippen molar-refractivity contribution < 1.29 is 9.47 Å². The molecule has 1 heterocycles. The molecular formula is C22H34O2. The van der Waals surface area contributed by atoms with E-state index in [0.29, 0.717) is 0 Å². The van der Waals surface area contributed by atoms with E-state index in [1.165, 1.54) is 35.1 Å². The molecule has 1 aromatic rings. The quantitative estimate of drug-likeness (QED) is 0.703. The molecule has 0 spiro atoms. The Hall–Kier alpha value is -0.860. The highest BCUT2D eigenvalue weighted by Gasteiger charge is 2.41. The van der Waals surface area contributed by atoms with Gasteiger partial charge in [-0.1, -0.05) is 40.7 Å². The third kappa shape index (κ3) is 2.93. The van der Waals surface area contributed by atoms with Gasteiger partial charge in [0.15, 0.2) is 5.79 Å². The minimum Gasteiger partial charge on any atom is -0.346 e. The minimum absolute atomic E-state index is 0.211. The fourth-order valence-corrected chi connectivity index (χ4v) is 4.41. The molecule has 0 radical (unpaired) electrons. The van der Waals surface area contributed by atoms with E-state index in [4.69, 9.17) is 9.47 Å². The molecule has 0 N–H and O–H groups in total. The molecule has 1 fully saturated rings. The van der Waals surface area contributed by atoms with Gasteiger partial charge in [-0.05, 0) is 73.1 Å². The van der Waals surface area contributed by atoms with Crippen molar-refractivity contribution >= 4 is 0 Å². The first kappa shape index (κ1) is 17.9. The fourth-order valence-electron chi connectivity index (χ4n) is 4.41. The molecule has 2 nitrogen and oxygen atoms in total. The van der Waals surface area contributed by atoms with Gasteiger partial charge >= 0.3 is 0 Å². The van der Waals surface area contributed by atoms with Gasteiger partial charge in [-0.15, -0.1) is 0 Å². The number of benzene rings is 1. The normalized spacial score (nSPS) is 31.5. The van der Waals surface area contributed by atoms with Crippen LogP contribution in [0.15, 0.2) is 12.1 Å². The highest BCUT2D eigenvalue weighted by Crippen LogP contribution is 2.48. The Kier molecular flexibility index (Phi) is 4.37. The van der Waals surface area contributed by atoms with Crippen molar-refractivity contribution in [1.29, 1.82) is 0 Å². The number of ether oxygens (including phenoxy) is 2. The molecule has 1 aliphatic carbocycles. The van der Waals surface area contributed by atoms with Crippen molar-refractivity contribution in [2.24, 2.45) is 0 Å². The lowest BCUT2D eigenvalue weighted by Crippen LogP contribution is -2.41. The summed E-state index contributed by atoms with van der Waals surface area (Å²) in [4.78, 5) is 0. The Morgan fingerprint density at radius 2 is 1.54 bits per heavy atom. The molecule has 2 aliphatic rings. The lowest BCUT2D eigenvalue weighted by atomic mass is 9.62. The van der Waals surface area contributed by atoms with E-state index in [2.05, 4.69) is 60.6 Å². The first-order valence-electron chi connectivity index (χ1n) is 9.59. The lowest BCUT2D eigenvalue weighted by Gasteiger charge is -2.44. The van der Waals surface area contributed by atoms with Crippen LogP contribution in [-0.2, 0) is 32.5 Å². The predicted octanol–water partition coefficient (Wildman–Crippen LogP) is 5.60. The molecule has 1 aliphatic heterocycles. The molecule has 2 atom stereocenters. The molecule has 0 bridgehead atoms. The van der Waals surface area contributed by atoms with E-state index in [0.717, 1.165) is 19.4 Å². The van der Waals surface area contributed by atoms with Gasteiger partial charge in [-0.3, -0.25) is 0 Å². The molecular weight excluding hydrogens is 296 g/mol. The average Bonchev–Trinajstić information content (AvgIpc) is 2.50. The number of aryl methyl sites for hydroxylation is 1. The van der Waals surface area contributed by atoms with Gasteiger partial charge in [0.1, 0.15) is 0 Å². The predicted molar refractivity (Wildman–Crippen MR) is 99.6 cm³/mol. The second-order valence-corrected chi connectivity index (χ2v) is 9.19. The summed E-state index contributed by atoms with van der Waals surface area (Å²) in [5, 5.41) is 0. The van der Waals surface area contributed by atoms with E-state index in [-0.39, 0.29) is 16.9 Å². The second-order valence-electron chi connectivity index (χ2n) is 9.19. The van der Waals surface area contributed by atoms with Crippen LogP contribution >= 0.6 is 0 Å². The van der Waals surface area contributed by atoms with Gasteiger partial charge < -0.3 is 9.47 Å². The van der Waals surface area contributed by atoms with Crippen LogP contribution in [-0.4, -0.2) is 12.7 Å². The summed E-state index contributed by atoms with van der Waals surface area (Å²) < 4.78 is 12.4. The maximum atomic E-state index is 6.29. The SMILES string of the molecule is CCc1cc2c(cc1[C@]1(C)OCC[C@@H](C)O1)C(C)(C)CCC2(C)C. The van der Waals surface area contributed by atoms with Crippen LogP contribution in [0, 0.1) is 0 Å². The molecule has 0 amide bonds. The van der Waals surface area contributed by atoms with Crippen LogP contribution in [0.2, 0.25) is 0 Å². The van der Waals surface area contributed by atoms with Gasteiger partial charge in [0.05, 0.1) is 12.7 Å². The monoisotopic (exact) mass is 330 g/mol. The second kappa shape index (κ2) is 5.85. The van der Waals surface area contributed by atoms with Crippen molar-refractivity contribution in [2.75, 3.05) is 6.61 Å². The third-order valence-corrected chi connectivity index (χ3v) is 6.27. The Morgan fingerprint density at radius 1 is 0.958 bits per heavy atom. The van der Waals surface area contributed by atoms with Gasteiger partial charge in [-0.2, -0.15) is 0 Å². The Bertz CT molecular complexity index is 629. The molecule has 1 saturated heterocycles. The van der Waals surface area contributed by atoms with E-state index < -0.39 is 5.79 Å². The molecule has 2 heteroatoms. The van der Waals surface area contributed by atoms with Crippen LogP contribution in [0.25, 0.3) is 0 Å². The number of rotatable bonds is 2. The number of hydrogen-bond donors (Lipinski definition) is 0. The van der Waals surface area contributed by atoms with Crippen molar-refractivity contribution in [2.45, 2.75) is 96.9 Å². The Labute approximate surface area is 147 Å². The highest BCUT2D eigenvalue weighted by molar-refractivity contribution is 5.48. The summed E-state index contributed by atoms with van der Waals surface area (Å²) >= 11 is 0. The van der Waals surface area contributed by atoms with Gasteiger partial charge in [0.2, 0.25) is 0 Å². The van der Waals surface area contributed by atoms with E-state index >= 15 is 0 Å². The Balaban J connectivity index is 2.18. The zero-order valence-corrected chi connectivity index (χ0v) is 16.6. The van der Waals surface area contributed by atoms with Crippen molar-refractivity contribution in [3.8, 4) is 0 Å². The first-order valence-corrected chi connectivity index (χ1v) is 9.59. The van der Waals surface area contributed by atoms with Crippen LogP contribution in [0.3, 0.4) is 0 Å². The highest BCUT2D eigenvalue weighted by atomic mass is 16.7. The largest absolute Gasteiger partial charge is 0.346 e. The molecule has 3 rings (SSSR count). The van der Waals surface area contributed by atoms with E-state index in [9.17, 15) is 0 Å². The standard InChI is InChI=1S/C22H34O2/c1-8-16-13-18-19(21(5,6)11-10-20(18,3)4)14-17(16)22(7)23-12-9-15(2)24-22/h13-15H,8-12H2,1-7H3/t15-,22-/m1/s1. The Morgan fingerprint density at radius 3 is 2.08 bits per heavy atom. The topological polar surface area (TPSA) is 18.5 Å². The molecule has 24 heavy (non-hydrogen) atoms. The summed E-state index contributed by atoms with van der Waals surface area (Å²) in [7, 11) is 0. The fraction of sp³-hybridized carbons (Fsp3) is 0.727. The van der Waals surface area contributed by atoms with E-state index in [1.807, 2.05) is 0 Å². The van der Waals surface area contributed by atoms with Crippen molar-refractivity contribution in [3.63, 3.8) is 0 Å². The van der Waals surface area contributed by atoms with Crippen LogP contribution in [0.4, 0.5) is 0 Å².